The first-order valence-corrected chi connectivity index (χ1v) is 7.81. The molecule has 1 aliphatic heterocycles. The predicted molar refractivity (Wildman–Crippen MR) is 78.8 cm³/mol. The second-order valence-electron chi connectivity index (χ2n) is 5.07. The lowest BCUT2D eigenvalue weighted by molar-refractivity contribution is -0.133. The molecule has 3 aromatic rings. The number of thiophene rings is 1. The van der Waals surface area contributed by atoms with Crippen LogP contribution in [0, 0.1) is 0 Å². The van der Waals surface area contributed by atoms with Crippen LogP contribution in [0.2, 0.25) is 0 Å². The summed E-state index contributed by atoms with van der Waals surface area (Å²) in [7, 11) is 0. The first-order chi connectivity index (χ1) is 10.8. The van der Waals surface area contributed by atoms with Gasteiger partial charge in [-0.2, -0.15) is 11.3 Å². The number of hydrogen-bond acceptors (Lipinski definition) is 6. The van der Waals surface area contributed by atoms with Crippen LogP contribution in [0.15, 0.2) is 29.4 Å². The molecule has 0 spiro atoms. The topological polar surface area (TPSA) is 81.7 Å². The van der Waals surface area contributed by atoms with Crippen LogP contribution in [0.4, 0.5) is 0 Å². The third kappa shape index (κ3) is 2.39. The highest BCUT2D eigenvalue weighted by molar-refractivity contribution is 7.08. The number of amides is 1. The van der Waals surface area contributed by atoms with Crippen LogP contribution in [-0.4, -0.2) is 47.1 Å². The minimum Gasteiger partial charge on any atom is -0.332 e. The molecular weight excluding hydrogens is 302 g/mol. The third-order valence-electron chi connectivity index (χ3n) is 3.64. The summed E-state index contributed by atoms with van der Waals surface area (Å²) in [5, 5.41) is 20.0. The molecule has 0 bridgehead atoms. The average Bonchev–Trinajstić information content (AvgIpc) is 3.27. The lowest BCUT2D eigenvalue weighted by atomic mass is 10.3. The zero-order valence-corrected chi connectivity index (χ0v) is 12.5. The van der Waals surface area contributed by atoms with E-state index in [1.165, 1.54) is 0 Å². The Balaban J connectivity index is 1.44. The molecule has 0 fully saturated rings. The number of aromatic nitrogens is 6. The molecular formula is C13H13N7OS. The number of rotatable bonds is 3. The van der Waals surface area contributed by atoms with Crippen molar-refractivity contribution in [1.82, 2.24) is 34.7 Å². The van der Waals surface area contributed by atoms with Gasteiger partial charge in [-0.05, 0) is 11.4 Å². The molecule has 0 N–H and O–H groups in total. The van der Waals surface area contributed by atoms with E-state index in [2.05, 4.69) is 20.5 Å². The van der Waals surface area contributed by atoms with E-state index in [-0.39, 0.29) is 12.5 Å². The van der Waals surface area contributed by atoms with Crippen molar-refractivity contribution in [1.29, 1.82) is 0 Å². The maximum Gasteiger partial charge on any atom is 0.244 e. The van der Waals surface area contributed by atoms with Gasteiger partial charge >= 0.3 is 0 Å². The van der Waals surface area contributed by atoms with Crippen molar-refractivity contribution in [3.63, 3.8) is 0 Å². The van der Waals surface area contributed by atoms with Crippen LogP contribution in [-0.2, 0) is 24.4 Å². The Labute approximate surface area is 130 Å². The van der Waals surface area contributed by atoms with E-state index in [0.717, 1.165) is 23.6 Å². The maximum atomic E-state index is 12.4. The highest BCUT2D eigenvalue weighted by Gasteiger charge is 2.22. The third-order valence-corrected chi connectivity index (χ3v) is 4.33. The second-order valence-corrected chi connectivity index (χ2v) is 5.85. The van der Waals surface area contributed by atoms with Gasteiger partial charge in [-0.1, -0.05) is 5.21 Å². The standard InChI is InChI=1S/C13H13N7OS/c21-13(18-2-3-19-9-14-16-12(19)6-18)7-20-5-11(15-17-20)10-1-4-22-8-10/h1,4-5,8-9H,2-3,6-7H2. The van der Waals surface area contributed by atoms with Crippen LogP contribution in [0.5, 0.6) is 0 Å². The van der Waals surface area contributed by atoms with Gasteiger partial charge in [-0.3, -0.25) is 4.79 Å². The summed E-state index contributed by atoms with van der Waals surface area (Å²) in [4.78, 5) is 14.2. The fourth-order valence-corrected chi connectivity index (χ4v) is 3.09. The van der Waals surface area contributed by atoms with Gasteiger partial charge in [-0.15, -0.1) is 15.3 Å². The summed E-state index contributed by atoms with van der Waals surface area (Å²) in [5.41, 5.74) is 1.81. The Morgan fingerprint density at radius 2 is 2.27 bits per heavy atom. The predicted octanol–water partition coefficient (Wildman–Crippen LogP) is 0.641. The summed E-state index contributed by atoms with van der Waals surface area (Å²) in [6.07, 6.45) is 3.49. The molecule has 112 valence electrons. The van der Waals surface area contributed by atoms with Crippen molar-refractivity contribution in [2.45, 2.75) is 19.6 Å². The average molecular weight is 315 g/mol. The van der Waals surface area contributed by atoms with E-state index in [1.807, 2.05) is 21.4 Å². The molecule has 8 nitrogen and oxygen atoms in total. The summed E-state index contributed by atoms with van der Waals surface area (Å²) >= 11 is 1.61. The molecule has 0 aliphatic carbocycles. The Bertz CT molecular complexity index is 791. The zero-order valence-electron chi connectivity index (χ0n) is 11.7. The molecule has 4 heterocycles. The van der Waals surface area contributed by atoms with E-state index in [1.54, 1.807) is 33.4 Å². The SMILES string of the molecule is O=C(Cn1cc(-c2ccsc2)nn1)N1CCn2cnnc2C1. The van der Waals surface area contributed by atoms with Gasteiger partial charge in [0.15, 0.2) is 5.82 Å². The minimum atomic E-state index is 0.0102. The molecule has 9 heteroatoms. The van der Waals surface area contributed by atoms with E-state index >= 15 is 0 Å². The first-order valence-electron chi connectivity index (χ1n) is 6.87. The van der Waals surface area contributed by atoms with Crippen LogP contribution in [0.25, 0.3) is 11.3 Å². The van der Waals surface area contributed by atoms with E-state index in [4.69, 9.17) is 0 Å². The molecule has 0 radical (unpaired) electrons. The van der Waals surface area contributed by atoms with Crippen molar-refractivity contribution < 1.29 is 4.79 Å². The Kier molecular flexibility index (Phi) is 3.19. The summed E-state index contributed by atoms with van der Waals surface area (Å²) in [5.74, 6) is 0.827. The smallest absolute Gasteiger partial charge is 0.244 e. The number of hydrogen-bond donors (Lipinski definition) is 0. The normalized spacial score (nSPS) is 14.1. The van der Waals surface area contributed by atoms with Gasteiger partial charge in [0.25, 0.3) is 0 Å². The Morgan fingerprint density at radius 1 is 1.32 bits per heavy atom. The maximum absolute atomic E-state index is 12.4. The van der Waals surface area contributed by atoms with Gasteiger partial charge in [0.1, 0.15) is 18.6 Å². The molecule has 0 unspecified atom stereocenters. The van der Waals surface area contributed by atoms with Crippen LogP contribution in [0.1, 0.15) is 5.82 Å². The number of carbonyl (C=O) groups is 1. The molecule has 0 atom stereocenters. The van der Waals surface area contributed by atoms with Gasteiger partial charge in [0, 0.05) is 24.0 Å². The van der Waals surface area contributed by atoms with Crippen LogP contribution in [0.3, 0.4) is 0 Å². The monoisotopic (exact) mass is 315 g/mol. The van der Waals surface area contributed by atoms with Gasteiger partial charge < -0.3 is 9.47 Å². The van der Waals surface area contributed by atoms with Gasteiger partial charge in [0.2, 0.25) is 5.91 Å². The molecule has 0 aromatic carbocycles. The highest BCUT2D eigenvalue weighted by atomic mass is 32.1. The lowest BCUT2D eigenvalue weighted by Gasteiger charge is -2.26. The Hall–Kier alpha value is -2.55. The molecule has 0 saturated heterocycles. The molecule has 22 heavy (non-hydrogen) atoms. The van der Waals surface area contributed by atoms with Crippen molar-refractivity contribution in [3.05, 3.63) is 35.2 Å². The van der Waals surface area contributed by atoms with Crippen LogP contribution < -0.4 is 0 Å². The van der Waals surface area contributed by atoms with Gasteiger partial charge in [-0.25, -0.2) is 4.68 Å². The number of carbonyl (C=O) groups excluding carboxylic acids is 1. The van der Waals surface area contributed by atoms with E-state index in [9.17, 15) is 4.79 Å². The van der Waals surface area contributed by atoms with E-state index in [0.29, 0.717) is 13.1 Å². The Morgan fingerprint density at radius 3 is 3.14 bits per heavy atom. The molecule has 3 aromatic heterocycles. The van der Waals surface area contributed by atoms with Crippen LogP contribution >= 0.6 is 11.3 Å². The summed E-state index contributed by atoms with van der Waals surface area (Å²) in [6.45, 7) is 2.07. The van der Waals surface area contributed by atoms with Gasteiger partial charge in [0.05, 0.1) is 12.7 Å². The quantitative estimate of drug-likeness (QED) is 0.708. The fraction of sp³-hybridized carbons (Fsp3) is 0.308. The van der Waals surface area contributed by atoms with Crippen molar-refractivity contribution in [3.8, 4) is 11.3 Å². The summed E-state index contributed by atoms with van der Waals surface area (Å²) in [6, 6.07) is 1.98. The highest BCUT2D eigenvalue weighted by Crippen LogP contribution is 2.19. The number of fused-ring (bicyclic) bond motifs is 1. The minimum absolute atomic E-state index is 0.0102. The van der Waals surface area contributed by atoms with E-state index < -0.39 is 0 Å². The first kappa shape index (κ1) is 13.1. The molecule has 0 saturated carbocycles. The lowest BCUT2D eigenvalue weighted by Crippen LogP contribution is -2.40. The fourth-order valence-electron chi connectivity index (χ4n) is 2.44. The second kappa shape index (κ2) is 5.34. The van der Waals surface area contributed by atoms with Crippen molar-refractivity contribution in [2.75, 3.05) is 6.54 Å². The molecule has 1 amide bonds. The molecule has 1 aliphatic rings. The van der Waals surface area contributed by atoms with Crippen molar-refractivity contribution in [2.24, 2.45) is 0 Å². The van der Waals surface area contributed by atoms with Crippen molar-refractivity contribution >= 4 is 17.2 Å². The largest absolute Gasteiger partial charge is 0.332 e. The molecule has 4 rings (SSSR count). The summed E-state index contributed by atoms with van der Waals surface area (Å²) < 4.78 is 3.54. The zero-order chi connectivity index (χ0) is 14.9. The number of nitrogens with zero attached hydrogens (tertiary/aromatic N) is 7.